The van der Waals surface area contributed by atoms with Gasteiger partial charge in [-0.2, -0.15) is 0 Å². The van der Waals surface area contributed by atoms with E-state index in [2.05, 4.69) is 0 Å². The van der Waals surface area contributed by atoms with E-state index in [1.165, 1.54) is 0 Å². The van der Waals surface area contributed by atoms with Crippen molar-refractivity contribution in [1.29, 1.82) is 0 Å². The number of alkyl halides is 2. The molecule has 1 saturated heterocycles. The molecule has 0 amide bonds. The SMILES string of the molecule is CC.CN1CCC[C@H]1[C@@H](O)C(F)F. The first-order valence-corrected chi connectivity index (χ1v) is 4.79. The fraction of sp³-hybridized carbons (Fsp3) is 1.00. The molecule has 13 heavy (non-hydrogen) atoms. The zero-order chi connectivity index (χ0) is 10.4. The molecular formula is C9H19F2NO. The van der Waals surface area contributed by atoms with Gasteiger partial charge in [0.25, 0.3) is 6.43 Å². The number of hydrogen-bond donors (Lipinski definition) is 1. The van der Waals surface area contributed by atoms with E-state index < -0.39 is 12.5 Å². The molecule has 0 spiro atoms. The molecule has 0 radical (unpaired) electrons. The van der Waals surface area contributed by atoms with E-state index >= 15 is 0 Å². The van der Waals surface area contributed by atoms with Crippen molar-refractivity contribution in [2.75, 3.05) is 13.6 Å². The predicted octanol–water partition coefficient (Wildman–Crippen LogP) is 1.73. The van der Waals surface area contributed by atoms with Gasteiger partial charge >= 0.3 is 0 Å². The third-order valence-electron chi connectivity index (χ3n) is 2.23. The van der Waals surface area contributed by atoms with Crippen molar-refractivity contribution < 1.29 is 13.9 Å². The lowest BCUT2D eigenvalue weighted by Crippen LogP contribution is -2.40. The van der Waals surface area contributed by atoms with Gasteiger partial charge in [-0.1, -0.05) is 13.8 Å². The van der Waals surface area contributed by atoms with E-state index in [4.69, 9.17) is 5.11 Å². The van der Waals surface area contributed by atoms with Crippen LogP contribution in [0.2, 0.25) is 0 Å². The molecule has 1 fully saturated rings. The second-order valence-corrected chi connectivity index (χ2v) is 3.02. The first kappa shape index (κ1) is 12.8. The van der Waals surface area contributed by atoms with E-state index in [-0.39, 0.29) is 6.04 Å². The van der Waals surface area contributed by atoms with Crippen LogP contribution in [-0.2, 0) is 0 Å². The van der Waals surface area contributed by atoms with Crippen LogP contribution >= 0.6 is 0 Å². The standard InChI is InChI=1S/C7H13F2NO.C2H6/c1-10-4-2-3-5(10)6(11)7(8)9;1-2/h5-7,11H,2-4H2,1H3;1-2H3/t5-,6+;/m0./s1. The minimum absolute atomic E-state index is 0.338. The number of aliphatic hydroxyl groups is 1. The Bertz CT molecular complexity index is 133. The number of nitrogens with zero attached hydrogens (tertiary/aromatic N) is 1. The van der Waals surface area contributed by atoms with Crippen LogP contribution in [0, 0.1) is 0 Å². The van der Waals surface area contributed by atoms with Gasteiger partial charge in [0.05, 0.1) is 0 Å². The van der Waals surface area contributed by atoms with Crippen LogP contribution in [0.1, 0.15) is 26.7 Å². The fourth-order valence-electron chi connectivity index (χ4n) is 1.54. The topological polar surface area (TPSA) is 23.5 Å². The van der Waals surface area contributed by atoms with E-state index in [9.17, 15) is 8.78 Å². The summed E-state index contributed by atoms with van der Waals surface area (Å²) in [7, 11) is 1.77. The number of likely N-dealkylation sites (N-methyl/N-ethyl adjacent to an activating group) is 1. The van der Waals surface area contributed by atoms with Crippen molar-refractivity contribution in [3.63, 3.8) is 0 Å². The second-order valence-electron chi connectivity index (χ2n) is 3.02. The Morgan fingerprint density at radius 2 is 1.92 bits per heavy atom. The molecule has 4 heteroatoms. The van der Waals surface area contributed by atoms with Gasteiger partial charge in [-0.15, -0.1) is 0 Å². The van der Waals surface area contributed by atoms with Crippen molar-refractivity contribution in [3.8, 4) is 0 Å². The summed E-state index contributed by atoms with van der Waals surface area (Å²) in [6.07, 6.45) is -2.49. The maximum Gasteiger partial charge on any atom is 0.265 e. The molecular weight excluding hydrogens is 176 g/mol. The Morgan fingerprint density at radius 1 is 1.38 bits per heavy atom. The van der Waals surface area contributed by atoms with Crippen molar-refractivity contribution in [3.05, 3.63) is 0 Å². The van der Waals surface area contributed by atoms with Gasteiger partial charge < -0.3 is 10.0 Å². The quantitative estimate of drug-likeness (QED) is 0.725. The van der Waals surface area contributed by atoms with E-state index in [1.54, 1.807) is 11.9 Å². The number of halogens is 2. The molecule has 0 saturated carbocycles. The Hall–Kier alpha value is -0.220. The smallest absolute Gasteiger partial charge is 0.265 e. The van der Waals surface area contributed by atoms with Crippen molar-refractivity contribution in [1.82, 2.24) is 4.90 Å². The second kappa shape index (κ2) is 6.27. The average molecular weight is 195 g/mol. The van der Waals surface area contributed by atoms with Crippen LogP contribution < -0.4 is 0 Å². The first-order chi connectivity index (χ1) is 6.13. The van der Waals surface area contributed by atoms with Crippen LogP contribution in [-0.4, -0.2) is 42.2 Å². The molecule has 0 aromatic carbocycles. The molecule has 1 aliphatic rings. The van der Waals surface area contributed by atoms with Crippen molar-refractivity contribution >= 4 is 0 Å². The Balaban J connectivity index is 0.000000671. The van der Waals surface area contributed by atoms with Crippen molar-refractivity contribution in [2.24, 2.45) is 0 Å². The van der Waals surface area contributed by atoms with Gasteiger partial charge in [0.1, 0.15) is 6.10 Å². The summed E-state index contributed by atoms with van der Waals surface area (Å²) < 4.78 is 24.0. The molecule has 0 bridgehead atoms. The Labute approximate surface area is 78.5 Å². The summed E-state index contributed by atoms with van der Waals surface area (Å²) in [6, 6.07) is -0.338. The third kappa shape index (κ3) is 3.56. The molecule has 0 aliphatic carbocycles. The van der Waals surface area contributed by atoms with Crippen LogP contribution in [0.5, 0.6) is 0 Å². The normalized spacial score (nSPS) is 25.6. The molecule has 1 rings (SSSR count). The fourth-order valence-corrected chi connectivity index (χ4v) is 1.54. The molecule has 0 aromatic rings. The van der Waals surface area contributed by atoms with Crippen LogP contribution in [0.15, 0.2) is 0 Å². The van der Waals surface area contributed by atoms with Gasteiger partial charge in [0.15, 0.2) is 0 Å². The minimum atomic E-state index is -2.61. The van der Waals surface area contributed by atoms with Crippen LogP contribution in [0.3, 0.4) is 0 Å². The summed E-state index contributed by atoms with van der Waals surface area (Å²) in [4.78, 5) is 1.79. The maximum atomic E-state index is 12.0. The number of hydrogen-bond acceptors (Lipinski definition) is 2. The monoisotopic (exact) mass is 195 g/mol. The minimum Gasteiger partial charge on any atom is -0.386 e. The maximum absolute atomic E-state index is 12.0. The third-order valence-corrected chi connectivity index (χ3v) is 2.23. The van der Waals surface area contributed by atoms with Gasteiger partial charge in [0.2, 0.25) is 0 Å². The average Bonchev–Trinajstić information content (AvgIpc) is 2.53. The molecule has 2 nitrogen and oxygen atoms in total. The lowest BCUT2D eigenvalue weighted by molar-refractivity contribution is -0.0426. The predicted molar refractivity (Wildman–Crippen MR) is 49.0 cm³/mol. The summed E-state index contributed by atoms with van der Waals surface area (Å²) in [5, 5.41) is 9.00. The van der Waals surface area contributed by atoms with E-state index in [0.29, 0.717) is 6.42 Å². The number of aliphatic hydroxyl groups excluding tert-OH is 1. The Kier molecular flexibility index (Phi) is 6.16. The molecule has 2 atom stereocenters. The zero-order valence-electron chi connectivity index (χ0n) is 8.50. The first-order valence-electron chi connectivity index (χ1n) is 4.79. The molecule has 1 heterocycles. The molecule has 1 aliphatic heterocycles. The highest BCUT2D eigenvalue weighted by molar-refractivity contribution is 4.83. The van der Waals surface area contributed by atoms with Gasteiger partial charge in [-0.05, 0) is 26.4 Å². The van der Waals surface area contributed by atoms with E-state index in [0.717, 1.165) is 13.0 Å². The highest BCUT2D eigenvalue weighted by atomic mass is 19.3. The molecule has 80 valence electrons. The zero-order valence-corrected chi connectivity index (χ0v) is 8.50. The van der Waals surface area contributed by atoms with E-state index in [1.807, 2.05) is 13.8 Å². The van der Waals surface area contributed by atoms with Gasteiger partial charge in [-0.3, -0.25) is 0 Å². The van der Waals surface area contributed by atoms with Crippen molar-refractivity contribution in [2.45, 2.75) is 45.3 Å². The largest absolute Gasteiger partial charge is 0.386 e. The molecule has 0 unspecified atom stereocenters. The lowest BCUT2D eigenvalue weighted by Gasteiger charge is -2.23. The summed E-state index contributed by atoms with van der Waals surface area (Å²) >= 11 is 0. The molecule has 1 N–H and O–H groups in total. The summed E-state index contributed by atoms with van der Waals surface area (Å²) in [6.45, 7) is 4.81. The molecule has 0 aromatic heterocycles. The van der Waals surface area contributed by atoms with Gasteiger partial charge in [0, 0.05) is 6.04 Å². The highest BCUT2D eigenvalue weighted by Gasteiger charge is 2.33. The lowest BCUT2D eigenvalue weighted by atomic mass is 10.1. The van der Waals surface area contributed by atoms with Crippen LogP contribution in [0.25, 0.3) is 0 Å². The Morgan fingerprint density at radius 3 is 2.23 bits per heavy atom. The number of likely N-dealkylation sites (tertiary alicyclic amines) is 1. The summed E-state index contributed by atoms with van der Waals surface area (Å²) in [5.74, 6) is 0. The van der Waals surface area contributed by atoms with Gasteiger partial charge in [-0.25, -0.2) is 8.78 Å². The highest BCUT2D eigenvalue weighted by Crippen LogP contribution is 2.21. The summed E-state index contributed by atoms with van der Waals surface area (Å²) in [5.41, 5.74) is 0. The van der Waals surface area contributed by atoms with Crippen LogP contribution in [0.4, 0.5) is 8.78 Å². The number of rotatable bonds is 2.